The molecular weight excluding hydrogens is 264 g/mol. The predicted molar refractivity (Wildman–Crippen MR) is 72.9 cm³/mol. The first-order valence-corrected chi connectivity index (χ1v) is 6.67. The van der Waals surface area contributed by atoms with Gasteiger partial charge in [-0.15, -0.1) is 0 Å². The minimum atomic E-state index is 0.306. The van der Waals surface area contributed by atoms with Gasteiger partial charge in [0.2, 0.25) is 5.88 Å². The minimum absolute atomic E-state index is 0.306. The highest BCUT2D eigenvalue weighted by Crippen LogP contribution is 2.34. The Morgan fingerprint density at radius 2 is 2.21 bits per heavy atom. The molecule has 1 aliphatic carbocycles. The molecule has 2 unspecified atom stereocenters. The van der Waals surface area contributed by atoms with Crippen molar-refractivity contribution >= 4 is 23.4 Å². The summed E-state index contributed by atoms with van der Waals surface area (Å²) in [6.45, 7) is 0. The molecule has 2 aromatic heterocycles. The molecule has 102 valence electrons. The van der Waals surface area contributed by atoms with Gasteiger partial charge in [-0.25, -0.2) is 4.98 Å². The summed E-state index contributed by atoms with van der Waals surface area (Å²) >= 11 is 5.42. The molecular formula is C12H16N4O2S. The smallest absolute Gasteiger partial charge is 0.242 e. The fourth-order valence-electron chi connectivity index (χ4n) is 2.78. The van der Waals surface area contributed by atoms with E-state index in [4.69, 9.17) is 21.7 Å². The van der Waals surface area contributed by atoms with Crippen molar-refractivity contribution in [2.75, 3.05) is 14.2 Å². The fourth-order valence-corrected chi connectivity index (χ4v) is 3.11. The van der Waals surface area contributed by atoms with E-state index in [9.17, 15) is 0 Å². The number of aromatic amines is 1. The predicted octanol–water partition coefficient (Wildman–Crippen LogP) is 2.24. The van der Waals surface area contributed by atoms with Crippen molar-refractivity contribution in [3.05, 3.63) is 11.1 Å². The zero-order chi connectivity index (χ0) is 13.4. The second-order valence-electron chi connectivity index (χ2n) is 4.71. The van der Waals surface area contributed by atoms with E-state index in [1.54, 1.807) is 14.2 Å². The number of aromatic nitrogens is 4. The van der Waals surface area contributed by atoms with Crippen LogP contribution in [0.15, 0.2) is 6.33 Å². The largest absolute Gasteiger partial charge is 0.479 e. The summed E-state index contributed by atoms with van der Waals surface area (Å²) < 4.78 is 13.4. The summed E-state index contributed by atoms with van der Waals surface area (Å²) in [6.07, 6.45) is 4.87. The van der Waals surface area contributed by atoms with Gasteiger partial charge in [-0.05, 0) is 31.5 Å². The van der Waals surface area contributed by atoms with Gasteiger partial charge in [0, 0.05) is 13.2 Å². The third-order valence-corrected chi connectivity index (χ3v) is 4.02. The fraction of sp³-hybridized carbons (Fsp3) is 0.583. The Hall–Kier alpha value is -1.47. The van der Waals surface area contributed by atoms with Crippen LogP contribution in [0.4, 0.5) is 0 Å². The van der Waals surface area contributed by atoms with E-state index in [0.29, 0.717) is 22.8 Å². The number of methoxy groups -OCH3 is 2. The molecule has 1 aliphatic rings. The molecule has 1 saturated carbocycles. The van der Waals surface area contributed by atoms with E-state index >= 15 is 0 Å². The maximum Gasteiger partial charge on any atom is 0.242 e. The molecule has 0 aliphatic heterocycles. The van der Waals surface area contributed by atoms with E-state index in [2.05, 4.69) is 19.5 Å². The number of imidazole rings is 1. The van der Waals surface area contributed by atoms with Crippen molar-refractivity contribution in [1.82, 2.24) is 19.5 Å². The first kappa shape index (κ1) is 12.6. The first-order valence-electron chi connectivity index (χ1n) is 6.26. The van der Waals surface area contributed by atoms with Gasteiger partial charge in [-0.3, -0.25) is 4.57 Å². The van der Waals surface area contributed by atoms with E-state index < -0.39 is 0 Å². The monoisotopic (exact) mass is 280 g/mol. The maximum atomic E-state index is 5.42. The molecule has 0 spiro atoms. The lowest BCUT2D eigenvalue weighted by Gasteiger charge is -2.12. The molecule has 6 nitrogen and oxygen atoms in total. The van der Waals surface area contributed by atoms with E-state index in [1.165, 1.54) is 6.33 Å². The lowest BCUT2D eigenvalue weighted by atomic mass is 10.2. The lowest BCUT2D eigenvalue weighted by molar-refractivity contribution is 0.106. The van der Waals surface area contributed by atoms with Crippen molar-refractivity contribution < 1.29 is 9.47 Å². The van der Waals surface area contributed by atoms with Crippen molar-refractivity contribution in [3.63, 3.8) is 0 Å². The Kier molecular flexibility index (Phi) is 3.24. The third-order valence-electron chi connectivity index (χ3n) is 3.72. The second-order valence-corrected chi connectivity index (χ2v) is 5.09. The molecule has 0 radical (unpaired) electrons. The van der Waals surface area contributed by atoms with Crippen LogP contribution in [0.5, 0.6) is 5.88 Å². The molecule has 0 saturated heterocycles. The summed E-state index contributed by atoms with van der Waals surface area (Å²) in [4.78, 5) is 11.6. The Morgan fingerprint density at radius 3 is 2.89 bits per heavy atom. The quantitative estimate of drug-likeness (QED) is 0.873. The van der Waals surface area contributed by atoms with Gasteiger partial charge in [0.25, 0.3) is 0 Å². The van der Waals surface area contributed by atoms with Gasteiger partial charge in [-0.1, -0.05) is 0 Å². The molecule has 0 amide bonds. The number of nitrogens with zero attached hydrogens (tertiary/aromatic N) is 3. The molecule has 1 N–H and O–H groups in total. The highest BCUT2D eigenvalue weighted by atomic mass is 32.1. The summed E-state index contributed by atoms with van der Waals surface area (Å²) in [6, 6.07) is 0.325. The summed E-state index contributed by atoms with van der Waals surface area (Å²) in [7, 11) is 3.35. The topological polar surface area (TPSA) is 65.0 Å². The lowest BCUT2D eigenvalue weighted by Crippen LogP contribution is -2.09. The highest BCUT2D eigenvalue weighted by molar-refractivity contribution is 7.71. The number of fused-ring (bicyclic) bond motifs is 1. The molecule has 1 fully saturated rings. The van der Waals surface area contributed by atoms with Crippen LogP contribution in [0, 0.1) is 4.77 Å². The summed E-state index contributed by atoms with van der Waals surface area (Å²) in [5.74, 6) is 0.524. The Labute approximate surface area is 115 Å². The molecule has 3 rings (SSSR count). The van der Waals surface area contributed by atoms with Crippen molar-refractivity contribution in [1.29, 1.82) is 0 Å². The average molecular weight is 280 g/mol. The number of ether oxygens (including phenoxy) is 2. The van der Waals surface area contributed by atoms with Crippen LogP contribution in [-0.2, 0) is 4.74 Å². The summed E-state index contributed by atoms with van der Waals surface area (Å²) in [5.41, 5.74) is 1.56. The van der Waals surface area contributed by atoms with Crippen molar-refractivity contribution in [3.8, 4) is 5.88 Å². The minimum Gasteiger partial charge on any atom is -0.479 e. The van der Waals surface area contributed by atoms with Crippen LogP contribution in [0.25, 0.3) is 11.2 Å². The Morgan fingerprint density at radius 1 is 1.37 bits per heavy atom. The molecule has 0 bridgehead atoms. The van der Waals surface area contributed by atoms with E-state index in [1.807, 2.05) is 0 Å². The van der Waals surface area contributed by atoms with E-state index in [-0.39, 0.29) is 0 Å². The zero-order valence-electron chi connectivity index (χ0n) is 10.9. The zero-order valence-corrected chi connectivity index (χ0v) is 11.7. The molecule has 0 aromatic carbocycles. The van der Waals surface area contributed by atoms with Gasteiger partial charge in [-0.2, -0.15) is 4.98 Å². The van der Waals surface area contributed by atoms with Gasteiger partial charge in [0.05, 0.1) is 13.2 Å². The van der Waals surface area contributed by atoms with Crippen molar-refractivity contribution in [2.24, 2.45) is 0 Å². The van der Waals surface area contributed by atoms with Crippen LogP contribution >= 0.6 is 12.2 Å². The highest BCUT2D eigenvalue weighted by Gasteiger charge is 2.28. The van der Waals surface area contributed by atoms with Gasteiger partial charge in [0.1, 0.15) is 11.8 Å². The van der Waals surface area contributed by atoms with Crippen molar-refractivity contribution in [2.45, 2.75) is 31.4 Å². The molecule has 2 aromatic rings. The average Bonchev–Trinajstić information content (AvgIpc) is 3.00. The van der Waals surface area contributed by atoms with Gasteiger partial charge in [0.15, 0.2) is 10.4 Å². The number of rotatable bonds is 3. The molecule has 19 heavy (non-hydrogen) atoms. The summed E-state index contributed by atoms with van der Waals surface area (Å²) in [5, 5.41) is 0. The van der Waals surface area contributed by atoms with Crippen LogP contribution in [-0.4, -0.2) is 39.8 Å². The molecule has 2 heterocycles. The number of hydrogen-bond acceptors (Lipinski definition) is 5. The van der Waals surface area contributed by atoms with Crippen LogP contribution < -0.4 is 4.74 Å². The molecule has 7 heteroatoms. The number of nitrogens with one attached hydrogen (secondary N) is 1. The second kappa shape index (κ2) is 4.90. The standard InChI is InChI=1S/C12H16N4O2S/c1-17-8-4-3-7(5-8)16-10-9(15-12(16)19)11(18-2)14-6-13-10/h6-8H,3-5H2,1-2H3,(H,15,19). The van der Waals surface area contributed by atoms with Crippen LogP contribution in [0.2, 0.25) is 0 Å². The van der Waals surface area contributed by atoms with Crippen LogP contribution in [0.1, 0.15) is 25.3 Å². The van der Waals surface area contributed by atoms with Gasteiger partial charge < -0.3 is 14.5 Å². The van der Waals surface area contributed by atoms with Gasteiger partial charge >= 0.3 is 0 Å². The number of hydrogen-bond donors (Lipinski definition) is 1. The van der Waals surface area contributed by atoms with E-state index in [0.717, 1.165) is 30.4 Å². The molecule has 2 atom stereocenters. The van der Waals surface area contributed by atoms with Crippen LogP contribution in [0.3, 0.4) is 0 Å². The Balaban J connectivity index is 2.09. The third kappa shape index (κ3) is 2.02. The SMILES string of the molecule is COc1ncnc2c1[nH]c(=S)n2C1CCC(OC)C1. The normalized spacial score (nSPS) is 23.1. The number of H-pyrrole nitrogens is 1. The Bertz CT molecular complexity index is 651. The first-order chi connectivity index (χ1) is 9.24. The maximum absolute atomic E-state index is 5.42.